The summed E-state index contributed by atoms with van der Waals surface area (Å²) in [5.74, 6) is 0.270. The molecule has 2 aliphatic rings. The van der Waals surface area contributed by atoms with Crippen LogP contribution in [0, 0.1) is 0 Å². The van der Waals surface area contributed by atoms with Crippen LogP contribution in [0.4, 0.5) is 0 Å². The summed E-state index contributed by atoms with van der Waals surface area (Å²) in [5, 5.41) is 3.33. The van der Waals surface area contributed by atoms with Crippen molar-refractivity contribution in [3.05, 3.63) is 0 Å². The fourth-order valence-corrected chi connectivity index (χ4v) is 3.34. The minimum atomic E-state index is 0.270. The van der Waals surface area contributed by atoms with Crippen LogP contribution < -0.4 is 5.32 Å². The second kappa shape index (κ2) is 8.71. The number of ether oxygens (including phenoxy) is 1. The molecule has 0 aromatic rings. The molecular formula is C16H31N3O2. The highest BCUT2D eigenvalue weighted by atomic mass is 16.5. The Labute approximate surface area is 129 Å². The van der Waals surface area contributed by atoms with Crippen molar-refractivity contribution in [3.8, 4) is 0 Å². The van der Waals surface area contributed by atoms with E-state index in [4.69, 9.17) is 4.74 Å². The number of piperidine rings is 1. The molecule has 0 aliphatic carbocycles. The van der Waals surface area contributed by atoms with Crippen molar-refractivity contribution < 1.29 is 9.53 Å². The standard InChI is InChI=1S/C16H31N3O2/c1-3-14-13-18(2)10-4-11-19(14)16(20)7-12-21-15-5-8-17-9-6-15/h14-15,17H,3-13H2,1-2H3. The summed E-state index contributed by atoms with van der Waals surface area (Å²) < 4.78 is 5.87. The van der Waals surface area contributed by atoms with E-state index in [1.54, 1.807) is 0 Å². The van der Waals surface area contributed by atoms with Crippen LogP contribution in [0.25, 0.3) is 0 Å². The van der Waals surface area contributed by atoms with Gasteiger partial charge in [0.2, 0.25) is 5.91 Å². The molecule has 1 amide bonds. The van der Waals surface area contributed by atoms with Gasteiger partial charge in [-0.1, -0.05) is 6.92 Å². The molecule has 2 heterocycles. The zero-order valence-electron chi connectivity index (χ0n) is 13.6. The summed E-state index contributed by atoms with van der Waals surface area (Å²) >= 11 is 0. The molecule has 0 radical (unpaired) electrons. The molecule has 1 unspecified atom stereocenters. The van der Waals surface area contributed by atoms with Gasteiger partial charge in [0.15, 0.2) is 0 Å². The Bertz CT molecular complexity index is 319. The third-order valence-electron chi connectivity index (χ3n) is 4.65. The third kappa shape index (κ3) is 5.24. The SMILES string of the molecule is CCC1CN(C)CCCN1C(=O)CCOC1CCNCC1. The van der Waals surface area contributed by atoms with Gasteiger partial charge in [0.05, 0.1) is 19.1 Å². The quantitative estimate of drug-likeness (QED) is 0.825. The van der Waals surface area contributed by atoms with Gasteiger partial charge in [0, 0.05) is 19.1 Å². The first-order valence-electron chi connectivity index (χ1n) is 8.51. The second-order valence-corrected chi connectivity index (χ2v) is 6.34. The average Bonchev–Trinajstić information content (AvgIpc) is 2.69. The first-order valence-corrected chi connectivity index (χ1v) is 8.51. The molecular weight excluding hydrogens is 266 g/mol. The number of nitrogens with one attached hydrogen (secondary N) is 1. The van der Waals surface area contributed by atoms with Gasteiger partial charge in [0.25, 0.3) is 0 Å². The van der Waals surface area contributed by atoms with E-state index in [2.05, 4.69) is 29.1 Å². The maximum Gasteiger partial charge on any atom is 0.225 e. The summed E-state index contributed by atoms with van der Waals surface area (Å²) in [7, 11) is 2.15. The number of hydrogen-bond acceptors (Lipinski definition) is 4. The predicted octanol–water partition coefficient (Wildman–Crippen LogP) is 1.09. The topological polar surface area (TPSA) is 44.8 Å². The van der Waals surface area contributed by atoms with Gasteiger partial charge in [-0.3, -0.25) is 4.79 Å². The van der Waals surface area contributed by atoms with Gasteiger partial charge < -0.3 is 19.9 Å². The lowest BCUT2D eigenvalue weighted by molar-refractivity contribution is -0.135. The molecule has 0 aromatic carbocycles. The summed E-state index contributed by atoms with van der Waals surface area (Å²) in [6, 6.07) is 0.365. The lowest BCUT2D eigenvalue weighted by Gasteiger charge is -2.30. The van der Waals surface area contributed by atoms with Crippen molar-refractivity contribution >= 4 is 5.91 Å². The number of likely N-dealkylation sites (N-methyl/N-ethyl adjacent to an activating group) is 1. The highest BCUT2D eigenvalue weighted by Crippen LogP contribution is 2.14. The Morgan fingerprint density at radius 3 is 2.76 bits per heavy atom. The Morgan fingerprint density at radius 2 is 2.05 bits per heavy atom. The smallest absolute Gasteiger partial charge is 0.225 e. The number of rotatable bonds is 5. The summed E-state index contributed by atoms with van der Waals surface area (Å²) in [5.41, 5.74) is 0. The van der Waals surface area contributed by atoms with Crippen molar-refractivity contribution in [2.24, 2.45) is 0 Å². The van der Waals surface area contributed by atoms with E-state index in [9.17, 15) is 4.79 Å². The van der Waals surface area contributed by atoms with Crippen LogP contribution in [0.5, 0.6) is 0 Å². The third-order valence-corrected chi connectivity index (χ3v) is 4.65. The molecule has 2 saturated heterocycles. The number of amides is 1. The molecule has 0 saturated carbocycles. The molecule has 21 heavy (non-hydrogen) atoms. The van der Waals surface area contributed by atoms with Crippen LogP contribution >= 0.6 is 0 Å². The summed E-state index contributed by atoms with van der Waals surface area (Å²) in [4.78, 5) is 16.9. The molecule has 1 atom stereocenters. The maximum atomic E-state index is 12.5. The predicted molar refractivity (Wildman–Crippen MR) is 84.4 cm³/mol. The van der Waals surface area contributed by atoms with Crippen LogP contribution in [-0.4, -0.2) is 74.2 Å². The van der Waals surface area contributed by atoms with Crippen molar-refractivity contribution in [2.45, 2.75) is 51.2 Å². The minimum absolute atomic E-state index is 0.270. The van der Waals surface area contributed by atoms with E-state index >= 15 is 0 Å². The van der Waals surface area contributed by atoms with E-state index in [0.29, 0.717) is 25.2 Å². The molecule has 0 bridgehead atoms. The Morgan fingerprint density at radius 1 is 1.29 bits per heavy atom. The first-order chi connectivity index (χ1) is 10.2. The molecule has 2 aliphatic heterocycles. The number of carbonyl (C=O) groups excluding carboxylic acids is 1. The van der Waals surface area contributed by atoms with Crippen molar-refractivity contribution in [3.63, 3.8) is 0 Å². The van der Waals surface area contributed by atoms with E-state index < -0.39 is 0 Å². The van der Waals surface area contributed by atoms with Gasteiger partial charge in [-0.25, -0.2) is 0 Å². The van der Waals surface area contributed by atoms with E-state index in [0.717, 1.165) is 58.4 Å². The average molecular weight is 297 g/mol. The Balaban J connectivity index is 1.75. The van der Waals surface area contributed by atoms with E-state index in [1.165, 1.54) is 0 Å². The Kier molecular flexibility index (Phi) is 6.93. The highest BCUT2D eigenvalue weighted by Gasteiger charge is 2.25. The van der Waals surface area contributed by atoms with Crippen LogP contribution in [-0.2, 0) is 9.53 Å². The summed E-state index contributed by atoms with van der Waals surface area (Å²) in [6.07, 6.45) is 5.13. The molecule has 5 heteroatoms. The molecule has 2 rings (SSSR count). The number of hydrogen-bond donors (Lipinski definition) is 1. The largest absolute Gasteiger partial charge is 0.378 e. The zero-order chi connectivity index (χ0) is 15.1. The Hall–Kier alpha value is -0.650. The highest BCUT2D eigenvalue weighted by molar-refractivity contribution is 5.76. The minimum Gasteiger partial charge on any atom is -0.378 e. The first kappa shape index (κ1) is 16.7. The van der Waals surface area contributed by atoms with Gasteiger partial charge in [-0.2, -0.15) is 0 Å². The molecule has 5 nitrogen and oxygen atoms in total. The fraction of sp³-hybridized carbons (Fsp3) is 0.938. The zero-order valence-corrected chi connectivity index (χ0v) is 13.6. The monoisotopic (exact) mass is 297 g/mol. The molecule has 122 valence electrons. The van der Waals surface area contributed by atoms with Crippen LogP contribution in [0.3, 0.4) is 0 Å². The lowest BCUT2D eigenvalue weighted by atomic mass is 10.1. The van der Waals surface area contributed by atoms with Crippen molar-refractivity contribution in [1.82, 2.24) is 15.1 Å². The normalized spacial score (nSPS) is 25.8. The van der Waals surface area contributed by atoms with Crippen molar-refractivity contribution in [2.75, 3.05) is 46.4 Å². The van der Waals surface area contributed by atoms with Gasteiger partial charge in [0.1, 0.15) is 0 Å². The maximum absolute atomic E-state index is 12.5. The summed E-state index contributed by atoms with van der Waals surface area (Å²) in [6.45, 7) is 7.81. The molecule has 0 aromatic heterocycles. The van der Waals surface area contributed by atoms with Gasteiger partial charge in [-0.15, -0.1) is 0 Å². The van der Waals surface area contributed by atoms with E-state index in [-0.39, 0.29) is 5.91 Å². The van der Waals surface area contributed by atoms with Crippen LogP contribution in [0.2, 0.25) is 0 Å². The number of carbonyl (C=O) groups is 1. The molecule has 1 N–H and O–H groups in total. The van der Waals surface area contributed by atoms with Gasteiger partial charge >= 0.3 is 0 Å². The molecule has 2 fully saturated rings. The lowest BCUT2D eigenvalue weighted by Crippen LogP contribution is -2.44. The molecule has 0 spiro atoms. The van der Waals surface area contributed by atoms with E-state index in [1.807, 2.05) is 0 Å². The van der Waals surface area contributed by atoms with Gasteiger partial charge in [-0.05, 0) is 52.4 Å². The number of nitrogens with zero attached hydrogens (tertiary/aromatic N) is 2. The fourth-order valence-electron chi connectivity index (χ4n) is 3.34. The van der Waals surface area contributed by atoms with Crippen molar-refractivity contribution in [1.29, 1.82) is 0 Å². The van der Waals surface area contributed by atoms with Crippen LogP contribution in [0.1, 0.15) is 39.0 Å². The second-order valence-electron chi connectivity index (χ2n) is 6.34. The van der Waals surface area contributed by atoms with Crippen LogP contribution in [0.15, 0.2) is 0 Å².